The van der Waals surface area contributed by atoms with E-state index in [0.29, 0.717) is 19.6 Å². The zero-order chi connectivity index (χ0) is 22.1. The van der Waals surface area contributed by atoms with E-state index in [1.54, 1.807) is 33.3 Å². The summed E-state index contributed by atoms with van der Waals surface area (Å²) in [6.45, 7) is 4.09. The second-order valence-corrected chi connectivity index (χ2v) is 8.78. The Hall–Kier alpha value is -2.29. The number of benzene rings is 1. The van der Waals surface area contributed by atoms with Crippen molar-refractivity contribution in [2.24, 2.45) is 0 Å². The van der Waals surface area contributed by atoms with Gasteiger partial charge in [-0.15, -0.1) is 11.3 Å². The maximum Gasteiger partial charge on any atom is 0.249 e. The predicted octanol–water partition coefficient (Wildman–Crippen LogP) is 2.99. The molecule has 0 saturated carbocycles. The van der Waals surface area contributed by atoms with Gasteiger partial charge in [0.1, 0.15) is 12.4 Å². The van der Waals surface area contributed by atoms with Crippen LogP contribution in [0.4, 0.5) is 4.39 Å². The van der Waals surface area contributed by atoms with E-state index in [0.717, 1.165) is 30.1 Å². The molecule has 1 saturated heterocycles. The Morgan fingerprint density at radius 3 is 2.45 bits per heavy atom. The van der Waals surface area contributed by atoms with Gasteiger partial charge >= 0.3 is 0 Å². The number of carbonyl (C=O) groups is 2. The van der Waals surface area contributed by atoms with Crippen LogP contribution in [-0.4, -0.2) is 73.0 Å². The monoisotopic (exact) mass is 447 g/mol. The van der Waals surface area contributed by atoms with Crippen molar-refractivity contribution in [1.29, 1.82) is 0 Å². The molecule has 1 fully saturated rings. The number of ether oxygens (including phenoxy) is 1. The average molecular weight is 448 g/mol. The third kappa shape index (κ3) is 7.41. The molecule has 0 N–H and O–H groups in total. The molecule has 1 aromatic heterocycles. The molecule has 31 heavy (non-hydrogen) atoms. The van der Waals surface area contributed by atoms with Crippen LogP contribution in [0.1, 0.15) is 23.3 Å². The number of hydrogen-bond donors (Lipinski definition) is 0. The zero-order valence-electron chi connectivity index (χ0n) is 18.0. The molecular formula is C23H30FN3O3S. The minimum absolute atomic E-state index is 0.00258. The Morgan fingerprint density at radius 1 is 1.06 bits per heavy atom. The Balaban J connectivity index is 1.69. The lowest BCUT2D eigenvalue weighted by Gasteiger charge is -2.29. The van der Waals surface area contributed by atoms with E-state index in [2.05, 4.69) is 4.90 Å². The first kappa shape index (κ1) is 23.4. The minimum Gasteiger partial charge on any atom is -0.375 e. The normalized spacial score (nSPS) is 14.0. The van der Waals surface area contributed by atoms with Gasteiger partial charge in [0.15, 0.2) is 0 Å². The molecule has 1 aromatic carbocycles. The van der Waals surface area contributed by atoms with Gasteiger partial charge in [-0.25, -0.2) is 4.39 Å². The summed E-state index contributed by atoms with van der Waals surface area (Å²) >= 11 is 1.58. The van der Waals surface area contributed by atoms with E-state index < -0.39 is 0 Å². The van der Waals surface area contributed by atoms with Gasteiger partial charge in [-0.2, -0.15) is 0 Å². The first-order chi connectivity index (χ1) is 15.0. The molecule has 168 valence electrons. The minimum atomic E-state index is -0.307. The number of rotatable bonds is 11. The summed E-state index contributed by atoms with van der Waals surface area (Å²) < 4.78 is 18.3. The van der Waals surface area contributed by atoms with Gasteiger partial charge < -0.3 is 19.4 Å². The van der Waals surface area contributed by atoms with Crippen LogP contribution in [0.15, 0.2) is 41.8 Å². The predicted molar refractivity (Wildman–Crippen MR) is 119 cm³/mol. The van der Waals surface area contributed by atoms with Crippen molar-refractivity contribution in [1.82, 2.24) is 14.7 Å². The van der Waals surface area contributed by atoms with Crippen molar-refractivity contribution in [3.8, 4) is 0 Å². The summed E-state index contributed by atoms with van der Waals surface area (Å²) in [7, 11) is 1.48. The number of thiophene rings is 1. The smallest absolute Gasteiger partial charge is 0.249 e. The first-order valence-corrected chi connectivity index (χ1v) is 11.5. The van der Waals surface area contributed by atoms with Crippen LogP contribution in [0.5, 0.6) is 0 Å². The van der Waals surface area contributed by atoms with Crippen LogP contribution in [-0.2, 0) is 27.4 Å². The van der Waals surface area contributed by atoms with E-state index in [-0.39, 0.29) is 30.8 Å². The van der Waals surface area contributed by atoms with Crippen molar-refractivity contribution in [2.45, 2.75) is 25.9 Å². The van der Waals surface area contributed by atoms with E-state index in [4.69, 9.17) is 4.74 Å². The lowest BCUT2D eigenvalue weighted by atomic mass is 10.2. The van der Waals surface area contributed by atoms with E-state index >= 15 is 0 Å². The second kappa shape index (κ2) is 11.9. The number of carbonyl (C=O) groups excluding carboxylic acids is 2. The number of likely N-dealkylation sites (tertiary alicyclic amines) is 1. The average Bonchev–Trinajstić information content (AvgIpc) is 3.46. The van der Waals surface area contributed by atoms with Crippen molar-refractivity contribution in [3.05, 3.63) is 58.0 Å². The Morgan fingerprint density at radius 2 is 1.81 bits per heavy atom. The van der Waals surface area contributed by atoms with Crippen LogP contribution in [0, 0.1) is 5.82 Å². The molecule has 6 nitrogen and oxygen atoms in total. The lowest BCUT2D eigenvalue weighted by Crippen LogP contribution is -2.46. The standard InChI is InChI=1S/C23H30FN3O3S/c1-30-18-23(29)26(13-12-25-10-2-3-11-25)17-22(28)27(16-21-5-4-14-31-21)15-19-6-8-20(24)9-7-19/h4-9,14H,2-3,10-13,15-18H2,1H3. The number of halogens is 1. The van der Waals surface area contributed by atoms with Gasteiger partial charge in [-0.1, -0.05) is 18.2 Å². The molecule has 1 aliphatic heterocycles. The molecule has 8 heteroatoms. The molecule has 0 spiro atoms. The molecule has 0 aliphatic carbocycles. The summed E-state index contributed by atoms with van der Waals surface area (Å²) in [6, 6.07) is 10.1. The highest BCUT2D eigenvalue weighted by atomic mass is 32.1. The topological polar surface area (TPSA) is 53.1 Å². The summed E-state index contributed by atoms with van der Waals surface area (Å²) in [6.07, 6.45) is 2.36. The third-order valence-corrected chi connectivity index (χ3v) is 6.26. The van der Waals surface area contributed by atoms with Crippen molar-refractivity contribution in [3.63, 3.8) is 0 Å². The Labute approximate surface area is 187 Å². The van der Waals surface area contributed by atoms with Gasteiger partial charge in [0.25, 0.3) is 0 Å². The largest absolute Gasteiger partial charge is 0.375 e. The second-order valence-electron chi connectivity index (χ2n) is 7.75. The Bertz CT molecular complexity index is 823. The van der Waals surface area contributed by atoms with Crippen LogP contribution < -0.4 is 0 Å². The van der Waals surface area contributed by atoms with Gasteiger partial charge in [0.05, 0.1) is 13.1 Å². The van der Waals surface area contributed by atoms with Gasteiger partial charge in [0, 0.05) is 31.6 Å². The molecule has 0 atom stereocenters. The highest BCUT2D eigenvalue weighted by Gasteiger charge is 2.23. The summed E-state index contributed by atoms with van der Waals surface area (Å²) in [5, 5.41) is 1.97. The quantitative estimate of drug-likeness (QED) is 0.532. The van der Waals surface area contributed by atoms with Gasteiger partial charge in [-0.3, -0.25) is 9.59 Å². The lowest BCUT2D eigenvalue weighted by molar-refractivity contribution is -0.143. The van der Waals surface area contributed by atoms with Crippen LogP contribution in [0.2, 0.25) is 0 Å². The van der Waals surface area contributed by atoms with Crippen molar-refractivity contribution in [2.75, 3.05) is 46.4 Å². The third-order valence-electron chi connectivity index (χ3n) is 5.40. The van der Waals surface area contributed by atoms with E-state index in [9.17, 15) is 14.0 Å². The Kier molecular flexibility index (Phi) is 8.99. The highest BCUT2D eigenvalue weighted by molar-refractivity contribution is 7.09. The fourth-order valence-electron chi connectivity index (χ4n) is 3.67. The molecule has 0 bridgehead atoms. The van der Waals surface area contributed by atoms with Crippen LogP contribution >= 0.6 is 11.3 Å². The molecule has 3 rings (SSSR count). The number of amides is 2. The van der Waals surface area contributed by atoms with Gasteiger partial charge in [0.2, 0.25) is 11.8 Å². The molecular weight excluding hydrogens is 417 g/mol. The fraction of sp³-hybridized carbons (Fsp3) is 0.478. The molecule has 0 unspecified atom stereocenters. The van der Waals surface area contributed by atoms with E-state index in [1.807, 2.05) is 17.5 Å². The molecule has 1 aliphatic rings. The SMILES string of the molecule is COCC(=O)N(CCN1CCCC1)CC(=O)N(Cc1ccc(F)cc1)Cc1cccs1. The number of methoxy groups -OCH3 is 1. The zero-order valence-corrected chi connectivity index (χ0v) is 18.8. The van der Waals surface area contributed by atoms with Crippen molar-refractivity contribution < 1.29 is 18.7 Å². The summed E-state index contributed by atoms with van der Waals surface area (Å²) in [5.74, 6) is -0.630. The fourth-order valence-corrected chi connectivity index (χ4v) is 4.39. The molecule has 2 amide bonds. The summed E-state index contributed by atoms with van der Waals surface area (Å²) in [5.41, 5.74) is 0.846. The number of hydrogen-bond acceptors (Lipinski definition) is 5. The summed E-state index contributed by atoms with van der Waals surface area (Å²) in [4.78, 5) is 32.5. The highest BCUT2D eigenvalue weighted by Crippen LogP contribution is 2.16. The molecule has 2 aromatic rings. The number of nitrogens with zero attached hydrogens (tertiary/aromatic N) is 3. The molecule has 0 radical (unpaired) electrons. The maximum atomic E-state index is 13.3. The maximum absolute atomic E-state index is 13.3. The first-order valence-electron chi connectivity index (χ1n) is 10.6. The van der Waals surface area contributed by atoms with Crippen LogP contribution in [0.25, 0.3) is 0 Å². The van der Waals surface area contributed by atoms with Crippen LogP contribution in [0.3, 0.4) is 0 Å². The molecule has 2 heterocycles. The van der Waals surface area contributed by atoms with Gasteiger partial charge in [-0.05, 0) is 55.1 Å². The van der Waals surface area contributed by atoms with E-state index in [1.165, 1.54) is 32.1 Å². The van der Waals surface area contributed by atoms with Crippen molar-refractivity contribution >= 4 is 23.2 Å².